The molecule has 1 aliphatic heterocycles. The van der Waals surface area contributed by atoms with Crippen molar-refractivity contribution in [2.75, 3.05) is 49.7 Å². The first-order chi connectivity index (χ1) is 15.5. The van der Waals surface area contributed by atoms with E-state index in [1.807, 2.05) is 25.1 Å². The van der Waals surface area contributed by atoms with Crippen LogP contribution in [0.5, 0.6) is 5.75 Å². The van der Waals surface area contributed by atoms with Crippen molar-refractivity contribution >= 4 is 40.6 Å². The van der Waals surface area contributed by atoms with Crippen molar-refractivity contribution in [3.63, 3.8) is 0 Å². The van der Waals surface area contributed by atoms with E-state index < -0.39 is 11.9 Å². The number of carbonyl (C=O) groups excluding carboxylic acids is 2. The summed E-state index contributed by atoms with van der Waals surface area (Å²) in [7, 11) is 0. The van der Waals surface area contributed by atoms with Gasteiger partial charge in [0.25, 0.3) is 5.91 Å². The summed E-state index contributed by atoms with van der Waals surface area (Å²) in [5.41, 5.74) is 2.95. The number of hydrogen-bond donors (Lipinski definition) is 2. The number of anilines is 2. The maximum atomic E-state index is 12.3. The second-order valence-electron chi connectivity index (χ2n) is 7.16. The van der Waals surface area contributed by atoms with Crippen LogP contribution in [0.1, 0.15) is 22.8 Å². The second kappa shape index (κ2) is 11.4. The van der Waals surface area contributed by atoms with Crippen LogP contribution in [0.4, 0.5) is 11.4 Å². The minimum absolute atomic E-state index is 0.109. The topological polar surface area (TPSA) is 89.1 Å². The molecule has 1 amide bonds. The molecule has 0 saturated carbocycles. The highest BCUT2D eigenvalue weighted by molar-refractivity contribution is 7.80. The molecule has 1 fully saturated rings. The molecule has 32 heavy (non-hydrogen) atoms. The zero-order valence-electron chi connectivity index (χ0n) is 18.2. The fourth-order valence-electron chi connectivity index (χ4n) is 3.16. The molecule has 1 saturated heterocycles. The van der Waals surface area contributed by atoms with Crippen molar-refractivity contribution in [3.05, 3.63) is 53.6 Å². The zero-order valence-corrected chi connectivity index (χ0v) is 19.0. The molecule has 0 atom stereocenters. The standard InChI is InChI=1S/C23H27N3O5S/c1-3-30-22(28)17-6-9-20(26-10-12-29-13-11-26)19(14-17)24-23(32)25-21(27)15-31-18-7-4-16(2)5-8-18/h4-9,14H,3,10-13,15H2,1-2H3,(H2,24,25,27,32). The molecule has 0 bridgehead atoms. The molecule has 0 radical (unpaired) electrons. The van der Waals surface area contributed by atoms with Gasteiger partial charge in [0.1, 0.15) is 5.75 Å². The van der Waals surface area contributed by atoms with E-state index >= 15 is 0 Å². The molecule has 2 aromatic carbocycles. The van der Waals surface area contributed by atoms with Gasteiger partial charge in [0.05, 0.1) is 36.8 Å². The molecule has 0 unspecified atom stereocenters. The van der Waals surface area contributed by atoms with E-state index in [-0.39, 0.29) is 18.3 Å². The van der Waals surface area contributed by atoms with Crippen LogP contribution in [-0.4, -0.2) is 56.5 Å². The summed E-state index contributed by atoms with van der Waals surface area (Å²) in [5, 5.41) is 5.76. The molecular formula is C23H27N3O5S. The molecule has 1 aliphatic rings. The minimum Gasteiger partial charge on any atom is -0.484 e. The smallest absolute Gasteiger partial charge is 0.338 e. The van der Waals surface area contributed by atoms with E-state index in [4.69, 9.17) is 26.4 Å². The summed E-state index contributed by atoms with van der Waals surface area (Å²) >= 11 is 5.32. The summed E-state index contributed by atoms with van der Waals surface area (Å²) in [6.07, 6.45) is 0. The number of aryl methyl sites for hydroxylation is 1. The van der Waals surface area contributed by atoms with E-state index in [1.54, 1.807) is 31.2 Å². The number of thiocarbonyl (C=S) groups is 1. The van der Waals surface area contributed by atoms with Gasteiger partial charge in [-0.2, -0.15) is 0 Å². The number of benzene rings is 2. The number of morpholine rings is 1. The van der Waals surface area contributed by atoms with Crippen LogP contribution in [0.25, 0.3) is 0 Å². The highest BCUT2D eigenvalue weighted by Crippen LogP contribution is 2.28. The third-order valence-electron chi connectivity index (χ3n) is 4.75. The lowest BCUT2D eigenvalue weighted by Gasteiger charge is -2.31. The lowest BCUT2D eigenvalue weighted by atomic mass is 10.1. The average molecular weight is 458 g/mol. The fraction of sp³-hybridized carbons (Fsp3) is 0.348. The summed E-state index contributed by atoms with van der Waals surface area (Å²) in [6, 6.07) is 12.6. The summed E-state index contributed by atoms with van der Waals surface area (Å²) < 4.78 is 16.0. The third-order valence-corrected chi connectivity index (χ3v) is 4.96. The number of nitrogens with one attached hydrogen (secondary N) is 2. The largest absolute Gasteiger partial charge is 0.484 e. The van der Waals surface area contributed by atoms with Gasteiger partial charge in [-0.05, 0) is 56.4 Å². The van der Waals surface area contributed by atoms with Crippen molar-refractivity contribution in [1.82, 2.24) is 5.32 Å². The predicted octanol–water partition coefficient (Wildman–Crippen LogP) is 2.90. The van der Waals surface area contributed by atoms with Crippen LogP contribution in [0.2, 0.25) is 0 Å². The van der Waals surface area contributed by atoms with E-state index in [1.165, 1.54) is 0 Å². The van der Waals surface area contributed by atoms with Crippen LogP contribution in [0, 0.1) is 6.92 Å². The Hall–Kier alpha value is -3.17. The number of esters is 1. The van der Waals surface area contributed by atoms with Crippen LogP contribution in [0.15, 0.2) is 42.5 Å². The normalized spacial score (nSPS) is 13.2. The summed E-state index contributed by atoms with van der Waals surface area (Å²) in [5.74, 6) is -0.218. The van der Waals surface area contributed by atoms with Crippen LogP contribution in [-0.2, 0) is 14.3 Å². The second-order valence-corrected chi connectivity index (χ2v) is 7.56. The predicted molar refractivity (Wildman–Crippen MR) is 126 cm³/mol. The Morgan fingerprint density at radius 2 is 1.84 bits per heavy atom. The summed E-state index contributed by atoms with van der Waals surface area (Å²) in [4.78, 5) is 26.6. The molecule has 2 N–H and O–H groups in total. The van der Waals surface area contributed by atoms with Gasteiger partial charge in [-0.15, -0.1) is 0 Å². The molecule has 0 spiro atoms. The van der Waals surface area contributed by atoms with Gasteiger partial charge < -0.3 is 24.4 Å². The molecule has 0 aliphatic carbocycles. The highest BCUT2D eigenvalue weighted by atomic mass is 32.1. The van der Waals surface area contributed by atoms with Crippen molar-refractivity contribution in [3.8, 4) is 5.75 Å². The van der Waals surface area contributed by atoms with E-state index in [2.05, 4.69) is 15.5 Å². The Morgan fingerprint density at radius 3 is 2.53 bits per heavy atom. The molecule has 170 valence electrons. The number of nitrogens with zero attached hydrogens (tertiary/aromatic N) is 1. The molecule has 3 rings (SSSR count). The minimum atomic E-state index is -0.425. The van der Waals surface area contributed by atoms with Crippen LogP contribution in [0.3, 0.4) is 0 Å². The van der Waals surface area contributed by atoms with Crippen LogP contribution < -0.4 is 20.3 Å². The molecule has 9 heteroatoms. The number of amides is 1. The van der Waals surface area contributed by atoms with Crippen molar-refractivity contribution in [2.24, 2.45) is 0 Å². The molecule has 1 heterocycles. The zero-order chi connectivity index (χ0) is 22.9. The van der Waals surface area contributed by atoms with Crippen LogP contribution >= 0.6 is 12.2 Å². The number of carbonyl (C=O) groups is 2. The maximum Gasteiger partial charge on any atom is 0.338 e. The Morgan fingerprint density at radius 1 is 1.12 bits per heavy atom. The van der Waals surface area contributed by atoms with E-state index in [9.17, 15) is 9.59 Å². The van der Waals surface area contributed by atoms with Gasteiger partial charge in [0.2, 0.25) is 0 Å². The molecular weight excluding hydrogens is 430 g/mol. The van der Waals surface area contributed by atoms with Crippen molar-refractivity contribution in [2.45, 2.75) is 13.8 Å². The molecule has 8 nitrogen and oxygen atoms in total. The third kappa shape index (κ3) is 6.66. The highest BCUT2D eigenvalue weighted by Gasteiger charge is 2.18. The number of rotatable bonds is 7. The first-order valence-corrected chi connectivity index (χ1v) is 10.8. The van der Waals surface area contributed by atoms with Gasteiger partial charge in [-0.3, -0.25) is 10.1 Å². The maximum absolute atomic E-state index is 12.3. The summed E-state index contributed by atoms with van der Waals surface area (Å²) in [6.45, 7) is 6.46. The Balaban J connectivity index is 1.66. The molecule has 0 aromatic heterocycles. The van der Waals surface area contributed by atoms with Gasteiger partial charge in [0.15, 0.2) is 11.7 Å². The van der Waals surface area contributed by atoms with E-state index in [0.717, 1.165) is 11.3 Å². The van der Waals surface area contributed by atoms with Crippen molar-refractivity contribution < 1.29 is 23.8 Å². The lowest BCUT2D eigenvalue weighted by Crippen LogP contribution is -2.39. The first kappa shape index (κ1) is 23.5. The first-order valence-electron chi connectivity index (χ1n) is 10.4. The Bertz CT molecular complexity index is 959. The molecule has 2 aromatic rings. The van der Waals surface area contributed by atoms with Gasteiger partial charge in [-0.1, -0.05) is 17.7 Å². The lowest BCUT2D eigenvalue weighted by molar-refractivity contribution is -0.121. The van der Waals surface area contributed by atoms with E-state index in [0.29, 0.717) is 43.3 Å². The van der Waals surface area contributed by atoms with Crippen molar-refractivity contribution in [1.29, 1.82) is 0 Å². The number of hydrogen-bond acceptors (Lipinski definition) is 7. The Kier molecular flexibility index (Phi) is 8.41. The fourth-order valence-corrected chi connectivity index (χ4v) is 3.38. The number of ether oxygens (including phenoxy) is 3. The SMILES string of the molecule is CCOC(=O)c1ccc(N2CCOCC2)c(NC(=S)NC(=O)COc2ccc(C)cc2)c1. The van der Waals surface area contributed by atoms with Gasteiger partial charge in [0, 0.05) is 13.1 Å². The Labute approximate surface area is 192 Å². The quantitative estimate of drug-likeness (QED) is 0.485. The monoisotopic (exact) mass is 457 g/mol. The average Bonchev–Trinajstić information content (AvgIpc) is 2.79. The van der Waals surface area contributed by atoms with Gasteiger partial charge in [-0.25, -0.2) is 4.79 Å². The van der Waals surface area contributed by atoms with Gasteiger partial charge >= 0.3 is 5.97 Å².